The van der Waals surface area contributed by atoms with E-state index in [4.69, 9.17) is 0 Å². The molecule has 0 bridgehead atoms. The molecule has 71 heavy (non-hydrogen) atoms. The average Bonchev–Trinajstić information content (AvgIpc) is 4.18. The Morgan fingerprint density at radius 3 is 0.732 bits per heavy atom. The molecule has 0 unspecified atom stereocenters. The first-order chi connectivity index (χ1) is 35.3. The Balaban J connectivity index is 0.905. The molecule has 0 saturated heterocycles. The Morgan fingerprint density at radius 2 is 0.423 bits per heavy atom. The number of nitrogens with zero attached hydrogens (tertiary/aromatic N) is 5. The molecular weight excluding hydrogens is 863 g/mol. The normalized spacial score (nSPS) is 11.9. The van der Waals surface area contributed by atoms with Gasteiger partial charge in [0.15, 0.2) is 0 Å². The van der Waals surface area contributed by atoms with Crippen molar-refractivity contribution in [2.45, 2.75) is 0 Å². The number of hydrogen-bond acceptors (Lipinski definition) is 1. The fourth-order valence-electron chi connectivity index (χ4n) is 11.8. The van der Waals surface area contributed by atoms with Gasteiger partial charge in [-0.1, -0.05) is 152 Å². The van der Waals surface area contributed by atoms with E-state index in [0.717, 1.165) is 39.8 Å². The Bertz CT molecular complexity index is 4260. The molecule has 5 nitrogen and oxygen atoms in total. The summed E-state index contributed by atoms with van der Waals surface area (Å²) in [6, 6.07) is 95.0. The van der Waals surface area contributed by atoms with Crippen LogP contribution in [0.15, 0.2) is 261 Å². The third kappa shape index (κ3) is 5.81. The largest absolute Gasteiger partial charge is 0.311 e. The third-order valence-corrected chi connectivity index (χ3v) is 14.7. The molecule has 0 aliphatic carbocycles. The van der Waals surface area contributed by atoms with Crippen molar-refractivity contribution in [3.63, 3.8) is 0 Å². The molecule has 0 saturated carbocycles. The van der Waals surface area contributed by atoms with E-state index < -0.39 is 0 Å². The summed E-state index contributed by atoms with van der Waals surface area (Å²) >= 11 is 0. The zero-order valence-corrected chi connectivity index (χ0v) is 38.6. The van der Waals surface area contributed by atoms with Crippen LogP contribution in [0.5, 0.6) is 0 Å². The van der Waals surface area contributed by atoms with Crippen LogP contribution in [0.2, 0.25) is 0 Å². The van der Waals surface area contributed by atoms with Crippen LogP contribution in [0.3, 0.4) is 0 Å². The molecule has 0 aliphatic rings. The Morgan fingerprint density at radius 1 is 0.183 bits per heavy atom. The van der Waals surface area contributed by atoms with Crippen molar-refractivity contribution in [1.82, 2.24) is 18.3 Å². The molecular formula is C66H43N5. The second-order valence-corrected chi connectivity index (χ2v) is 18.5. The number of aromatic nitrogens is 4. The summed E-state index contributed by atoms with van der Waals surface area (Å²) in [4.78, 5) is 2.36. The number of para-hydroxylation sites is 7. The predicted octanol–water partition coefficient (Wildman–Crippen LogP) is 17.5. The molecule has 4 heterocycles. The minimum absolute atomic E-state index is 1.07. The number of rotatable bonds is 7. The van der Waals surface area contributed by atoms with Crippen LogP contribution in [-0.4, -0.2) is 18.3 Å². The van der Waals surface area contributed by atoms with Crippen LogP contribution in [0, 0.1) is 0 Å². The highest BCUT2D eigenvalue weighted by Crippen LogP contribution is 2.45. The van der Waals surface area contributed by atoms with Crippen molar-refractivity contribution in [3.8, 4) is 22.7 Å². The SMILES string of the molecule is c1ccc(N(c2ccc(-n3c4ccccc4c4ccc5c6ccccc6n(-c6ccccc6)c5c43)cc2)c2ccc(-n3c4ccccc4c4ccc5c6ccccc6n(-c6ccccc6)c5c43)cc2)cc1. The van der Waals surface area contributed by atoms with Crippen molar-refractivity contribution < 1.29 is 0 Å². The average molecular weight is 906 g/mol. The van der Waals surface area contributed by atoms with E-state index in [1.54, 1.807) is 0 Å². The third-order valence-electron chi connectivity index (χ3n) is 14.7. The predicted molar refractivity (Wildman–Crippen MR) is 298 cm³/mol. The Kier molecular flexibility index (Phi) is 8.59. The van der Waals surface area contributed by atoms with Crippen LogP contribution >= 0.6 is 0 Å². The molecule has 15 aromatic rings. The van der Waals surface area contributed by atoms with Gasteiger partial charge in [-0.2, -0.15) is 0 Å². The summed E-state index contributed by atoms with van der Waals surface area (Å²) in [5.74, 6) is 0. The monoisotopic (exact) mass is 905 g/mol. The Hall–Kier alpha value is -9.58. The molecule has 15 rings (SSSR count). The lowest BCUT2D eigenvalue weighted by atomic mass is 10.1. The quantitative estimate of drug-likeness (QED) is 0.156. The lowest BCUT2D eigenvalue weighted by molar-refractivity contribution is 1.14. The molecule has 332 valence electrons. The minimum Gasteiger partial charge on any atom is -0.311 e. The fraction of sp³-hybridized carbons (Fsp3) is 0. The van der Waals surface area contributed by atoms with Gasteiger partial charge in [0, 0.05) is 82.9 Å². The molecule has 0 atom stereocenters. The fourth-order valence-corrected chi connectivity index (χ4v) is 11.8. The molecule has 0 radical (unpaired) electrons. The number of benzene rings is 11. The summed E-state index contributed by atoms with van der Waals surface area (Å²) in [6.07, 6.45) is 0. The molecule has 11 aromatic carbocycles. The second kappa shape index (κ2) is 15.5. The highest BCUT2D eigenvalue weighted by molar-refractivity contribution is 6.25. The van der Waals surface area contributed by atoms with E-state index in [1.165, 1.54) is 87.2 Å². The number of anilines is 3. The first-order valence-electron chi connectivity index (χ1n) is 24.4. The summed E-state index contributed by atoms with van der Waals surface area (Å²) in [5, 5.41) is 9.88. The molecule has 0 N–H and O–H groups in total. The Labute approximate surface area is 409 Å². The standard InChI is InChI=1S/C66H43N5/c1-4-18-44(19-5-1)67(47-32-36-49(37-33-47)70-61-30-16-12-26-53(61)57-42-40-55-51-24-10-14-28-59(51)68(63(55)65(57)70)45-20-6-2-7-21-45)48-34-38-50(39-35-48)71-62-31-17-13-27-54(62)58-43-41-56-52-25-11-15-29-60(52)69(64(56)66(58)71)46-22-8-3-9-23-46/h1-43H. The van der Waals surface area contributed by atoms with Gasteiger partial charge in [0.05, 0.1) is 44.1 Å². The zero-order valence-electron chi connectivity index (χ0n) is 38.6. The molecule has 0 fully saturated rings. The molecule has 0 aliphatic heterocycles. The van der Waals surface area contributed by atoms with Gasteiger partial charge in [-0.15, -0.1) is 0 Å². The van der Waals surface area contributed by atoms with Crippen molar-refractivity contribution in [1.29, 1.82) is 0 Å². The number of fused-ring (bicyclic) bond motifs is 14. The summed E-state index contributed by atoms with van der Waals surface area (Å²) in [7, 11) is 0. The van der Waals surface area contributed by atoms with Crippen molar-refractivity contribution in [3.05, 3.63) is 261 Å². The second-order valence-electron chi connectivity index (χ2n) is 18.5. The van der Waals surface area contributed by atoms with Gasteiger partial charge in [0.25, 0.3) is 0 Å². The summed E-state index contributed by atoms with van der Waals surface area (Å²) in [6.45, 7) is 0. The van der Waals surface area contributed by atoms with Crippen LogP contribution in [0.1, 0.15) is 0 Å². The van der Waals surface area contributed by atoms with Crippen LogP contribution in [-0.2, 0) is 0 Å². The van der Waals surface area contributed by atoms with Gasteiger partial charge in [-0.25, -0.2) is 0 Å². The molecule has 0 spiro atoms. The maximum atomic E-state index is 2.47. The van der Waals surface area contributed by atoms with Gasteiger partial charge in [0.2, 0.25) is 0 Å². The lowest BCUT2D eigenvalue weighted by Crippen LogP contribution is -2.10. The molecule has 5 heteroatoms. The van der Waals surface area contributed by atoms with E-state index in [2.05, 4.69) is 284 Å². The van der Waals surface area contributed by atoms with E-state index in [1.807, 2.05) is 0 Å². The molecule has 0 amide bonds. The first kappa shape index (κ1) is 39.4. The van der Waals surface area contributed by atoms with E-state index in [-0.39, 0.29) is 0 Å². The first-order valence-corrected chi connectivity index (χ1v) is 24.4. The van der Waals surface area contributed by atoms with Gasteiger partial charge < -0.3 is 23.2 Å². The van der Waals surface area contributed by atoms with Gasteiger partial charge >= 0.3 is 0 Å². The highest BCUT2D eigenvalue weighted by atomic mass is 15.1. The summed E-state index contributed by atoms with van der Waals surface area (Å²) in [5.41, 5.74) is 17.3. The van der Waals surface area contributed by atoms with E-state index in [9.17, 15) is 0 Å². The van der Waals surface area contributed by atoms with E-state index >= 15 is 0 Å². The van der Waals surface area contributed by atoms with Gasteiger partial charge in [-0.05, 0) is 109 Å². The van der Waals surface area contributed by atoms with Crippen molar-refractivity contribution in [2.24, 2.45) is 0 Å². The topological polar surface area (TPSA) is 23.0 Å². The zero-order chi connectivity index (χ0) is 46.6. The van der Waals surface area contributed by atoms with Gasteiger partial charge in [-0.3, -0.25) is 0 Å². The molecule has 4 aromatic heterocycles. The number of hydrogen-bond donors (Lipinski definition) is 0. The van der Waals surface area contributed by atoms with Gasteiger partial charge in [0.1, 0.15) is 0 Å². The van der Waals surface area contributed by atoms with Crippen molar-refractivity contribution in [2.75, 3.05) is 4.90 Å². The smallest absolute Gasteiger partial charge is 0.0788 e. The maximum absolute atomic E-state index is 2.47. The van der Waals surface area contributed by atoms with Crippen LogP contribution in [0.4, 0.5) is 17.1 Å². The van der Waals surface area contributed by atoms with Crippen LogP contribution in [0.25, 0.3) is 110 Å². The minimum atomic E-state index is 1.07. The lowest BCUT2D eigenvalue weighted by Gasteiger charge is -2.26. The maximum Gasteiger partial charge on any atom is 0.0788 e. The van der Waals surface area contributed by atoms with Crippen molar-refractivity contribution >= 4 is 104 Å². The van der Waals surface area contributed by atoms with E-state index in [0.29, 0.717) is 0 Å². The highest BCUT2D eigenvalue weighted by Gasteiger charge is 2.24. The van der Waals surface area contributed by atoms with Crippen LogP contribution < -0.4 is 4.90 Å². The summed E-state index contributed by atoms with van der Waals surface area (Å²) < 4.78 is 9.83.